The molecule has 1 fully saturated rings. The molecule has 0 bridgehead atoms. The second-order valence-electron chi connectivity index (χ2n) is 3.89. The van der Waals surface area contributed by atoms with Gasteiger partial charge in [-0.2, -0.15) is 0 Å². The molecule has 1 rings (SSSR count). The standard InChI is InChI=1S/C9H21N3O2S/c1-3-15(13,14)11-5-7-12-6-4-10-8-9(12)2/h9-11H,3-8H2,1-2H3/t9-/m1/s1. The van der Waals surface area contributed by atoms with Crippen molar-refractivity contribution in [1.29, 1.82) is 0 Å². The molecule has 0 unspecified atom stereocenters. The van der Waals surface area contributed by atoms with Gasteiger partial charge in [-0.1, -0.05) is 0 Å². The highest BCUT2D eigenvalue weighted by Gasteiger charge is 2.17. The number of nitrogens with zero attached hydrogens (tertiary/aromatic N) is 1. The predicted octanol–water partition coefficient (Wildman–Crippen LogP) is -0.781. The van der Waals surface area contributed by atoms with Gasteiger partial charge in [0.2, 0.25) is 10.0 Å². The molecular weight excluding hydrogens is 214 g/mol. The second-order valence-corrected chi connectivity index (χ2v) is 5.98. The third-order valence-corrected chi connectivity index (χ3v) is 4.14. The van der Waals surface area contributed by atoms with E-state index >= 15 is 0 Å². The van der Waals surface area contributed by atoms with E-state index in [0.717, 1.165) is 26.2 Å². The zero-order valence-electron chi connectivity index (χ0n) is 9.49. The largest absolute Gasteiger partial charge is 0.314 e. The second kappa shape index (κ2) is 5.79. The minimum absolute atomic E-state index is 0.157. The van der Waals surface area contributed by atoms with Crippen LogP contribution < -0.4 is 10.0 Å². The van der Waals surface area contributed by atoms with Gasteiger partial charge in [0.1, 0.15) is 0 Å². The summed E-state index contributed by atoms with van der Waals surface area (Å²) in [5.74, 6) is 0.157. The molecule has 0 amide bonds. The van der Waals surface area contributed by atoms with Gasteiger partial charge in [-0.15, -0.1) is 0 Å². The van der Waals surface area contributed by atoms with Gasteiger partial charge in [-0.3, -0.25) is 4.90 Å². The number of sulfonamides is 1. The fraction of sp³-hybridized carbons (Fsp3) is 1.00. The Balaban J connectivity index is 2.25. The van der Waals surface area contributed by atoms with Gasteiger partial charge in [-0.25, -0.2) is 13.1 Å². The average molecular weight is 235 g/mol. The summed E-state index contributed by atoms with van der Waals surface area (Å²) in [6.07, 6.45) is 0. The molecular formula is C9H21N3O2S. The molecule has 0 saturated carbocycles. The number of nitrogens with one attached hydrogen (secondary N) is 2. The molecule has 15 heavy (non-hydrogen) atoms. The van der Waals surface area contributed by atoms with E-state index in [9.17, 15) is 8.42 Å². The zero-order valence-corrected chi connectivity index (χ0v) is 10.3. The van der Waals surface area contributed by atoms with E-state index < -0.39 is 10.0 Å². The Bertz CT molecular complexity index is 279. The highest BCUT2D eigenvalue weighted by Crippen LogP contribution is 2.00. The summed E-state index contributed by atoms with van der Waals surface area (Å²) in [4.78, 5) is 2.30. The summed E-state index contributed by atoms with van der Waals surface area (Å²) in [6, 6.07) is 0.491. The number of hydrogen-bond donors (Lipinski definition) is 2. The average Bonchev–Trinajstić information content (AvgIpc) is 2.21. The first kappa shape index (κ1) is 12.9. The van der Waals surface area contributed by atoms with E-state index in [-0.39, 0.29) is 5.75 Å². The maximum atomic E-state index is 11.2. The lowest BCUT2D eigenvalue weighted by molar-refractivity contribution is 0.177. The molecule has 1 atom stereocenters. The van der Waals surface area contributed by atoms with Crippen LogP contribution in [0.3, 0.4) is 0 Å². The molecule has 0 radical (unpaired) electrons. The van der Waals surface area contributed by atoms with Crippen molar-refractivity contribution >= 4 is 10.0 Å². The van der Waals surface area contributed by atoms with Crippen LogP contribution >= 0.6 is 0 Å². The van der Waals surface area contributed by atoms with Gasteiger partial charge in [0.05, 0.1) is 5.75 Å². The quantitative estimate of drug-likeness (QED) is 0.656. The van der Waals surface area contributed by atoms with E-state index in [1.807, 2.05) is 0 Å². The maximum absolute atomic E-state index is 11.2. The Morgan fingerprint density at radius 2 is 2.27 bits per heavy atom. The first-order valence-corrected chi connectivity index (χ1v) is 7.12. The summed E-state index contributed by atoms with van der Waals surface area (Å²) in [6.45, 7) is 8.08. The Labute approximate surface area is 92.3 Å². The molecule has 1 aliphatic rings. The highest BCUT2D eigenvalue weighted by atomic mass is 32.2. The summed E-state index contributed by atoms with van der Waals surface area (Å²) in [7, 11) is -3.03. The zero-order chi connectivity index (χ0) is 11.3. The number of piperazine rings is 1. The summed E-state index contributed by atoms with van der Waals surface area (Å²) in [5.41, 5.74) is 0. The third kappa shape index (κ3) is 4.46. The first-order chi connectivity index (χ1) is 7.05. The molecule has 0 aromatic heterocycles. The van der Waals surface area contributed by atoms with Crippen LogP contribution in [-0.2, 0) is 10.0 Å². The van der Waals surface area contributed by atoms with Crippen molar-refractivity contribution in [2.24, 2.45) is 0 Å². The summed E-state index contributed by atoms with van der Waals surface area (Å²) < 4.78 is 24.9. The molecule has 5 nitrogen and oxygen atoms in total. The van der Waals surface area contributed by atoms with Crippen LogP contribution in [-0.4, -0.2) is 57.8 Å². The van der Waals surface area contributed by atoms with E-state index in [2.05, 4.69) is 21.9 Å². The topological polar surface area (TPSA) is 61.4 Å². The van der Waals surface area contributed by atoms with Crippen LogP contribution in [0.1, 0.15) is 13.8 Å². The van der Waals surface area contributed by atoms with E-state index in [4.69, 9.17) is 0 Å². The van der Waals surface area contributed by atoms with E-state index in [1.54, 1.807) is 6.92 Å². The van der Waals surface area contributed by atoms with E-state index in [1.165, 1.54) is 0 Å². The van der Waals surface area contributed by atoms with Crippen LogP contribution in [0.25, 0.3) is 0 Å². The van der Waals surface area contributed by atoms with Gasteiger partial charge in [-0.05, 0) is 13.8 Å². The summed E-state index contributed by atoms with van der Waals surface area (Å²) in [5, 5.41) is 3.30. The van der Waals surface area contributed by atoms with Crippen LogP contribution in [0.5, 0.6) is 0 Å². The van der Waals surface area contributed by atoms with Gasteiger partial charge in [0, 0.05) is 38.8 Å². The highest BCUT2D eigenvalue weighted by molar-refractivity contribution is 7.89. The molecule has 0 aliphatic carbocycles. The Morgan fingerprint density at radius 1 is 1.53 bits per heavy atom. The van der Waals surface area contributed by atoms with Gasteiger partial charge < -0.3 is 5.32 Å². The normalized spacial score (nSPS) is 24.3. The Kier molecular flexibility index (Phi) is 4.98. The molecule has 1 saturated heterocycles. The van der Waals surface area contributed by atoms with Crippen molar-refractivity contribution < 1.29 is 8.42 Å². The third-order valence-electron chi connectivity index (χ3n) is 2.74. The van der Waals surface area contributed by atoms with Crippen molar-refractivity contribution in [1.82, 2.24) is 14.9 Å². The summed E-state index contributed by atoms with van der Waals surface area (Å²) >= 11 is 0. The fourth-order valence-corrected chi connectivity index (χ4v) is 2.27. The molecule has 1 heterocycles. The maximum Gasteiger partial charge on any atom is 0.211 e. The predicted molar refractivity (Wildman–Crippen MR) is 61.4 cm³/mol. The van der Waals surface area contributed by atoms with Crippen molar-refractivity contribution in [3.05, 3.63) is 0 Å². The van der Waals surface area contributed by atoms with Gasteiger partial charge in [0.25, 0.3) is 0 Å². The number of rotatable bonds is 5. The van der Waals surface area contributed by atoms with Gasteiger partial charge >= 0.3 is 0 Å². The van der Waals surface area contributed by atoms with Crippen molar-refractivity contribution in [3.63, 3.8) is 0 Å². The Hall–Kier alpha value is -0.170. The van der Waals surface area contributed by atoms with Crippen molar-refractivity contribution in [2.75, 3.05) is 38.5 Å². The molecule has 6 heteroatoms. The minimum Gasteiger partial charge on any atom is -0.314 e. The molecule has 0 spiro atoms. The molecule has 0 aromatic carbocycles. The molecule has 1 aliphatic heterocycles. The van der Waals surface area contributed by atoms with Gasteiger partial charge in [0.15, 0.2) is 0 Å². The molecule has 90 valence electrons. The SMILES string of the molecule is CCS(=O)(=O)NCCN1CCNC[C@H]1C. The van der Waals surface area contributed by atoms with E-state index in [0.29, 0.717) is 12.6 Å². The Morgan fingerprint density at radius 3 is 2.87 bits per heavy atom. The molecule has 2 N–H and O–H groups in total. The first-order valence-electron chi connectivity index (χ1n) is 5.47. The lowest BCUT2D eigenvalue weighted by Gasteiger charge is -2.33. The van der Waals surface area contributed by atoms with Crippen LogP contribution in [0.2, 0.25) is 0 Å². The van der Waals surface area contributed by atoms with Crippen LogP contribution in [0.4, 0.5) is 0 Å². The molecule has 0 aromatic rings. The monoisotopic (exact) mass is 235 g/mol. The fourth-order valence-electron chi connectivity index (χ4n) is 1.66. The smallest absolute Gasteiger partial charge is 0.211 e. The lowest BCUT2D eigenvalue weighted by Crippen LogP contribution is -2.51. The minimum atomic E-state index is -3.03. The number of hydrogen-bond acceptors (Lipinski definition) is 4. The lowest BCUT2D eigenvalue weighted by atomic mass is 10.2. The van der Waals surface area contributed by atoms with Crippen LogP contribution in [0.15, 0.2) is 0 Å². The van der Waals surface area contributed by atoms with Crippen molar-refractivity contribution in [2.45, 2.75) is 19.9 Å². The van der Waals surface area contributed by atoms with Crippen LogP contribution in [0, 0.1) is 0 Å². The van der Waals surface area contributed by atoms with Crippen molar-refractivity contribution in [3.8, 4) is 0 Å².